The predicted octanol–water partition coefficient (Wildman–Crippen LogP) is 9.96. The van der Waals surface area contributed by atoms with E-state index in [1.54, 1.807) is 96.1 Å². The maximum Gasteiger partial charge on any atom is 0.338 e. The van der Waals surface area contributed by atoms with Crippen LogP contribution in [0.15, 0.2) is 181 Å². The van der Waals surface area contributed by atoms with E-state index in [0.29, 0.717) is 22.6 Å². The second kappa shape index (κ2) is 32.0. The Morgan fingerprint density at radius 3 is 1.40 bits per heavy atom. The standard InChI is InChI=1S/C69H79N3O19/c1-68(2,3)90-63(75)59-56(82-40-45-28-18-11-19-29-45)57(83-41-46-30-20-12-21-31-46)61(85-62(74)47-32-22-13-23-33-47)67(89-59)86-53-50(42-79-49-36-34-48(77-7)35-37-49)84-65(51(71-72-70)54(53)80-38-43-24-14-9-15-25-43)87-58-55(81-39-44-26-16-10-17-27-44)52(73)66(78-8)88-60(58)64(76)91-69(4,5)6/h9-37,50-61,65-67,73H,38-42H2,1-8H3/t50-,51-,52-,53-,54-,55-,56+,57+,58+,59-,60-,61-,65-,66-,67-/m1/s1. The quantitative estimate of drug-likeness (QED) is 0.0174. The summed E-state index contributed by atoms with van der Waals surface area (Å²) in [5.74, 6) is -1.71. The van der Waals surface area contributed by atoms with E-state index in [1.165, 1.54) is 14.2 Å². The van der Waals surface area contributed by atoms with Crippen molar-refractivity contribution in [2.75, 3.05) is 20.8 Å². The fourth-order valence-electron chi connectivity index (χ4n) is 10.5. The van der Waals surface area contributed by atoms with Crippen LogP contribution < -0.4 is 9.47 Å². The molecular weight excluding hydrogens is 1170 g/mol. The van der Waals surface area contributed by atoms with Crippen LogP contribution in [0.4, 0.5) is 0 Å². The number of nitrogens with zero attached hydrogens (tertiary/aromatic N) is 3. The maximum absolute atomic E-state index is 15.0. The van der Waals surface area contributed by atoms with Gasteiger partial charge in [0, 0.05) is 12.0 Å². The van der Waals surface area contributed by atoms with Crippen LogP contribution in [0.25, 0.3) is 10.4 Å². The molecular formula is C69H79N3O19. The molecule has 3 fully saturated rings. The molecule has 3 aliphatic rings. The second-order valence-electron chi connectivity index (χ2n) is 23.9. The second-order valence-corrected chi connectivity index (χ2v) is 23.9. The molecule has 22 nitrogen and oxygen atoms in total. The van der Waals surface area contributed by atoms with Gasteiger partial charge in [0.05, 0.1) is 39.1 Å². The fourth-order valence-corrected chi connectivity index (χ4v) is 10.5. The minimum atomic E-state index is -1.81. The number of hydrogen-bond acceptors (Lipinski definition) is 20. The summed E-state index contributed by atoms with van der Waals surface area (Å²) in [6.45, 7) is 9.37. The average Bonchev–Trinajstić information content (AvgIpc) is 0.872. The van der Waals surface area contributed by atoms with Gasteiger partial charge in [-0.2, -0.15) is 0 Å². The summed E-state index contributed by atoms with van der Waals surface area (Å²) in [6, 6.07) is 50.1. The number of rotatable bonds is 26. The zero-order valence-electron chi connectivity index (χ0n) is 52.1. The first-order valence-electron chi connectivity index (χ1n) is 30.0. The van der Waals surface area contributed by atoms with Crippen molar-refractivity contribution < 1.29 is 90.5 Å². The highest BCUT2D eigenvalue weighted by Crippen LogP contribution is 2.40. The van der Waals surface area contributed by atoms with Crippen molar-refractivity contribution in [3.8, 4) is 11.5 Å². The minimum Gasteiger partial charge on any atom is -0.497 e. The fraction of sp³-hybridized carbons (Fsp3) is 0.435. The molecule has 0 amide bonds. The molecule has 0 bridgehead atoms. The van der Waals surface area contributed by atoms with Crippen molar-refractivity contribution in [2.24, 2.45) is 5.11 Å². The Balaban J connectivity index is 1.20. The molecule has 0 spiro atoms. The van der Waals surface area contributed by atoms with Gasteiger partial charge in [0.1, 0.15) is 84.2 Å². The van der Waals surface area contributed by atoms with Crippen LogP contribution >= 0.6 is 0 Å². The summed E-state index contributed by atoms with van der Waals surface area (Å²) >= 11 is 0. The van der Waals surface area contributed by atoms with Gasteiger partial charge < -0.3 is 76.2 Å². The number of esters is 3. The monoisotopic (exact) mass is 1250 g/mol. The lowest BCUT2D eigenvalue weighted by Crippen LogP contribution is -2.68. The van der Waals surface area contributed by atoms with Crippen LogP contribution in [0.2, 0.25) is 0 Å². The number of azide groups is 1. The highest BCUT2D eigenvalue weighted by Gasteiger charge is 2.59. The Labute approximate surface area is 529 Å². The Morgan fingerprint density at radius 1 is 0.495 bits per heavy atom. The van der Waals surface area contributed by atoms with E-state index in [9.17, 15) is 25.0 Å². The topological polar surface area (TPSA) is 259 Å². The molecule has 6 aromatic carbocycles. The number of methoxy groups -OCH3 is 2. The first kappa shape index (κ1) is 67.6. The molecule has 3 aliphatic heterocycles. The summed E-state index contributed by atoms with van der Waals surface area (Å²) in [6.07, 6.45) is -21.7. The Morgan fingerprint density at radius 2 is 0.923 bits per heavy atom. The SMILES string of the molecule is COc1ccc(OC[C@H]2O[C@H](O[C@H]3[C@H](OCc4ccccc4)[C@@H](O)[C@H](OC)O[C@H]3C(=O)OC(C)(C)C)[C@H](N=[N+]=[N-])[C@@H](OCc3ccccc3)[C@@H]2O[C@@H]2O[C@@H](C(=O)OC(C)(C)C)[C@@H](OCc3ccccc3)[C@H](OCc3ccccc3)[C@H]2OC(=O)c2ccccc2)cc1. The van der Waals surface area contributed by atoms with E-state index in [-0.39, 0.29) is 32.0 Å². The number of ether oxygens (including phenoxy) is 15. The lowest BCUT2D eigenvalue weighted by molar-refractivity contribution is -0.367. The van der Waals surface area contributed by atoms with E-state index in [2.05, 4.69) is 10.0 Å². The van der Waals surface area contributed by atoms with Crippen molar-refractivity contribution in [3.05, 3.63) is 214 Å². The number of aliphatic hydroxyl groups is 1. The van der Waals surface area contributed by atoms with E-state index in [4.69, 9.17) is 71.1 Å². The van der Waals surface area contributed by atoms with Crippen LogP contribution in [-0.4, -0.2) is 147 Å². The van der Waals surface area contributed by atoms with E-state index < -0.39 is 128 Å². The van der Waals surface area contributed by atoms with Gasteiger partial charge in [-0.15, -0.1) is 0 Å². The van der Waals surface area contributed by atoms with E-state index in [1.807, 2.05) is 121 Å². The molecule has 3 heterocycles. The van der Waals surface area contributed by atoms with Gasteiger partial charge in [0.2, 0.25) is 0 Å². The molecule has 15 atom stereocenters. The number of aliphatic hydroxyl groups excluding tert-OH is 1. The van der Waals surface area contributed by atoms with Crippen molar-refractivity contribution in [1.82, 2.24) is 0 Å². The summed E-state index contributed by atoms with van der Waals surface area (Å²) in [5.41, 5.74) is 11.6. The highest BCUT2D eigenvalue weighted by molar-refractivity contribution is 5.89. The minimum absolute atomic E-state index is 0.0573. The van der Waals surface area contributed by atoms with Crippen molar-refractivity contribution in [3.63, 3.8) is 0 Å². The van der Waals surface area contributed by atoms with Crippen molar-refractivity contribution in [2.45, 2.75) is 171 Å². The molecule has 0 saturated carbocycles. The number of carbonyl (C=O) groups is 3. The third kappa shape index (κ3) is 18.7. The van der Waals surface area contributed by atoms with E-state index >= 15 is 0 Å². The number of benzene rings is 6. The molecule has 91 heavy (non-hydrogen) atoms. The number of carbonyl (C=O) groups excluding carboxylic acids is 3. The summed E-state index contributed by atoms with van der Waals surface area (Å²) in [5, 5.41) is 16.4. The molecule has 484 valence electrons. The predicted molar refractivity (Wildman–Crippen MR) is 328 cm³/mol. The lowest BCUT2D eigenvalue weighted by atomic mass is 9.94. The molecule has 3 saturated heterocycles. The Bertz CT molecular complexity index is 3260. The van der Waals surface area contributed by atoms with Crippen LogP contribution in [0, 0.1) is 0 Å². The average molecular weight is 1250 g/mol. The third-order valence-corrected chi connectivity index (χ3v) is 14.8. The molecule has 6 aromatic rings. The zero-order chi connectivity index (χ0) is 64.5. The molecule has 0 aromatic heterocycles. The lowest BCUT2D eigenvalue weighted by Gasteiger charge is -2.50. The smallest absolute Gasteiger partial charge is 0.338 e. The summed E-state index contributed by atoms with van der Waals surface area (Å²) in [4.78, 5) is 47.6. The first-order chi connectivity index (χ1) is 43.9. The van der Waals surface area contributed by atoms with Crippen LogP contribution in [0.1, 0.15) is 74.2 Å². The molecule has 9 rings (SSSR count). The molecule has 1 N–H and O–H groups in total. The molecule has 0 unspecified atom stereocenters. The van der Waals surface area contributed by atoms with Gasteiger partial charge in [-0.1, -0.05) is 145 Å². The highest BCUT2D eigenvalue weighted by atomic mass is 16.8. The largest absolute Gasteiger partial charge is 0.497 e. The van der Waals surface area contributed by atoms with Crippen LogP contribution in [0.5, 0.6) is 11.5 Å². The van der Waals surface area contributed by atoms with Gasteiger partial charge in [-0.3, -0.25) is 0 Å². The van der Waals surface area contributed by atoms with Gasteiger partial charge >= 0.3 is 17.9 Å². The van der Waals surface area contributed by atoms with Gasteiger partial charge in [0.25, 0.3) is 0 Å². The Kier molecular flexibility index (Phi) is 23.7. The molecule has 0 radical (unpaired) electrons. The van der Waals surface area contributed by atoms with Gasteiger partial charge in [0.15, 0.2) is 37.2 Å². The maximum atomic E-state index is 15.0. The van der Waals surface area contributed by atoms with Crippen molar-refractivity contribution >= 4 is 17.9 Å². The third-order valence-electron chi connectivity index (χ3n) is 14.8. The zero-order valence-corrected chi connectivity index (χ0v) is 52.1. The Hall–Kier alpha value is -7.80. The summed E-state index contributed by atoms with van der Waals surface area (Å²) < 4.78 is 97.7. The van der Waals surface area contributed by atoms with Gasteiger partial charge in [-0.25, -0.2) is 14.4 Å². The van der Waals surface area contributed by atoms with Crippen molar-refractivity contribution in [1.29, 1.82) is 0 Å². The molecule has 0 aliphatic carbocycles. The molecule has 22 heteroatoms. The van der Waals surface area contributed by atoms with Crippen LogP contribution in [0.3, 0.4) is 0 Å². The van der Waals surface area contributed by atoms with Crippen LogP contribution in [-0.2, 0) is 97.6 Å². The van der Waals surface area contributed by atoms with Gasteiger partial charge in [-0.05, 0) is 106 Å². The normalized spacial score (nSPS) is 26.7. The first-order valence-corrected chi connectivity index (χ1v) is 30.0. The van der Waals surface area contributed by atoms with E-state index in [0.717, 1.165) is 11.1 Å². The number of hydrogen-bond donors (Lipinski definition) is 1. The summed E-state index contributed by atoms with van der Waals surface area (Å²) in [7, 11) is 2.83.